The van der Waals surface area contributed by atoms with Crippen LogP contribution in [0.5, 0.6) is 0 Å². The van der Waals surface area contributed by atoms with Crippen LogP contribution in [0.1, 0.15) is 67.7 Å². The largest absolute Gasteiger partial charge is 0.454 e. The molecule has 2 heterocycles. The summed E-state index contributed by atoms with van der Waals surface area (Å²) in [4.78, 5) is 27.0. The third-order valence-corrected chi connectivity index (χ3v) is 10.1. The standard InChI is InChI=1S/C31H36O5/c1-18(2)30-17-31(19(3)4,25-23-16-15-22(34-23)24(25)30)27(36-29(33)21-13-9-6-10-14-21)26(30)35-28(32)20-11-7-5-8-12-20/h5-14,18-19,22-27H,15-17H2,1-4H3. The van der Waals surface area contributed by atoms with E-state index >= 15 is 0 Å². The van der Waals surface area contributed by atoms with Crippen LogP contribution in [0.3, 0.4) is 0 Å². The Kier molecular flexibility index (Phi) is 5.56. The molecule has 36 heavy (non-hydrogen) atoms. The lowest BCUT2D eigenvalue weighted by Crippen LogP contribution is -2.60. The molecule has 0 aromatic heterocycles. The maximum Gasteiger partial charge on any atom is 0.338 e. The van der Waals surface area contributed by atoms with Crippen molar-refractivity contribution < 1.29 is 23.8 Å². The summed E-state index contributed by atoms with van der Waals surface area (Å²) in [7, 11) is 0. The Balaban J connectivity index is 1.46. The van der Waals surface area contributed by atoms with Gasteiger partial charge in [0.1, 0.15) is 12.2 Å². The number of ether oxygens (including phenoxy) is 3. The maximum absolute atomic E-state index is 13.5. The first-order valence-electron chi connectivity index (χ1n) is 13.5. The summed E-state index contributed by atoms with van der Waals surface area (Å²) in [5.74, 6) is 0.380. The van der Waals surface area contributed by atoms with E-state index in [1.807, 2.05) is 36.4 Å². The SMILES string of the molecule is CC(C)C12CC(C(C)C)(C(OC(=O)c3ccccc3)C1OC(=O)c1ccccc1)C1C3CCC(O3)C12. The van der Waals surface area contributed by atoms with Crippen molar-refractivity contribution in [3.63, 3.8) is 0 Å². The molecule has 2 aromatic rings. The van der Waals surface area contributed by atoms with Gasteiger partial charge in [-0.1, -0.05) is 64.1 Å². The second-order valence-corrected chi connectivity index (χ2v) is 11.9. The molecule has 0 radical (unpaired) electrons. The Morgan fingerprint density at radius 2 is 1.11 bits per heavy atom. The zero-order valence-electron chi connectivity index (χ0n) is 21.6. The quantitative estimate of drug-likeness (QED) is 0.472. The van der Waals surface area contributed by atoms with Crippen LogP contribution in [-0.2, 0) is 14.2 Å². The van der Waals surface area contributed by atoms with Gasteiger partial charge in [0.2, 0.25) is 0 Å². The molecule has 5 heteroatoms. The third kappa shape index (κ3) is 3.11. The van der Waals surface area contributed by atoms with E-state index in [-0.39, 0.29) is 46.8 Å². The molecule has 0 spiro atoms. The minimum Gasteiger partial charge on any atom is -0.454 e. The number of benzene rings is 2. The van der Waals surface area contributed by atoms with E-state index in [4.69, 9.17) is 14.2 Å². The normalized spacial score (nSPS) is 37.9. The molecular formula is C31H36O5. The first kappa shape index (κ1) is 23.7. The number of rotatable bonds is 6. The molecule has 4 aliphatic rings. The molecule has 0 N–H and O–H groups in total. The first-order valence-corrected chi connectivity index (χ1v) is 13.5. The zero-order valence-corrected chi connectivity index (χ0v) is 21.6. The number of carbonyl (C=O) groups is 2. The molecule has 4 fully saturated rings. The second-order valence-electron chi connectivity index (χ2n) is 11.9. The smallest absolute Gasteiger partial charge is 0.338 e. The summed E-state index contributed by atoms with van der Waals surface area (Å²) < 4.78 is 19.5. The molecule has 2 saturated heterocycles. The number of hydrogen-bond donors (Lipinski definition) is 0. The highest BCUT2D eigenvalue weighted by Crippen LogP contribution is 2.78. The lowest BCUT2D eigenvalue weighted by Gasteiger charge is -2.52. The Morgan fingerprint density at radius 1 is 0.722 bits per heavy atom. The molecule has 5 nitrogen and oxygen atoms in total. The van der Waals surface area contributed by atoms with Crippen LogP contribution in [0.2, 0.25) is 0 Å². The summed E-state index contributed by atoms with van der Waals surface area (Å²) in [6, 6.07) is 18.3. The Labute approximate surface area is 213 Å². The molecule has 8 atom stereocenters. The van der Waals surface area contributed by atoms with E-state index in [2.05, 4.69) is 27.7 Å². The summed E-state index contributed by atoms with van der Waals surface area (Å²) in [6.45, 7) is 8.96. The molecule has 0 amide bonds. The number of hydrogen-bond acceptors (Lipinski definition) is 5. The van der Waals surface area contributed by atoms with E-state index in [1.54, 1.807) is 24.3 Å². The monoisotopic (exact) mass is 488 g/mol. The average Bonchev–Trinajstić information content (AvgIpc) is 3.63. The maximum atomic E-state index is 13.5. The molecule has 8 unspecified atom stereocenters. The van der Waals surface area contributed by atoms with Crippen LogP contribution >= 0.6 is 0 Å². The molecule has 6 rings (SSSR count). The summed E-state index contributed by atoms with van der Waals surface area (Å²) >= 11 is 0. The van der Waals surface area contributed by atoms with Gasteiger partial charge < -0.3 is 14.2 Å². The van der Waals surface area contributed by atoms with Crippen molar-refractivity contribution in [2.45, 2.75) is 71.4 Å². The fourth-order valence-electron chi connectivity index (χ4n) is 8.64. The van der Waals surface area contributed by atoms with Gasteiger partial charge in [-0.15, -0.1) is 0 Å². The Hall–Kier alpha value is -2.66. The van der Waals surface area contributed by atoms with Crippen molar-refractivity contribution in [1.29, 1.82) is 0 Å². The lowest BCUT2D eigenvalue weighted by molar-refractivity contribution is -0.157. The minimum absolute atomic E-state index is 0.187. The molecule has 2 aliphatic heterocycles. The Morgan fingerprint density at radius 3 is 1.47 bits per heavy atom. The molecule has 190 valence electrons. The minimum atomic E-state index is -0.524. The van der Waals surface area contributed by atoms with Crippen LogP contribution in [0, 0.1) is 34.5 Å². The van der Waals surface area contributed by atoms with Gasteiger partial charge >= 0.3 is 11.9 Å². The number of fused-ring (bicyclic) bond motifs is 9. The van der Waals surface area contributed by atoms with Crippen molar-refractivity contribution in [1.82, 2.24) is 0 Å². The Bertz CT molecular complexity index is 1050. The van der Waals surface area contributed by atoms with Crippen molar-refractivity contribution in [3.8, 4) is 0 Å². The van der Waals surface area contributed by atoms with E-state index < -0.39 is 12.2 Å². The second kappa shape index (κ2) is 8.44. The van der Waals surface area contributed by atoms with Crippen LogP contribution in [-0.4, -0.2) is 36.4 Å². The highest BCUT2D eigenvalue weighted by atomic mass is 16.6. The van der Waals surface area contributed by atoms with Gasteiger partial charge in [0.05, 0.1) is 23.3 Å². The van der Waals surface area contributed by atoms with E-state index in [0.29, 0.717) is 23.0 Å². The predicted octanol–water partition coefficient (Wildman–Crippen LogP) is 5.93. The highest BCUT2D eigenvalue weighted by molar-refractivity contribution is 5.90. The highest BCUT2D eigenvalue weighted by Gasteiger charge is 2.82. The zero-order chi connectivity index (χ0) is 25.2. The van der Waals surface area contributed by atoms with Gasteiger partial charge in [-0.05, 0) is 55.4 Å². The predicted molar refractivity (Wildman–Crippen MR) is 135 cm³/mol. The van der Waals surface area contributed by atoms with Gasteiger partial charge in [-0.25, -0.2) is 9.59 Å². The topological polar surface area (TPSA) is 61.8 Å². The lowest BCUT2D eigenvalue weighted by atomic mass is 9.54. The van der Waals surface area contributed by atoms with Crippen molar-refractivity contribution >= 4 is 11.9 Å². The van der Waals surface area contributed by atoms with Crippen molar-refractivity contribution in [2.75, 3.05) is 0 Å². The van der Waals surface area contributed by atoms with E-state index in [0.717, 1.165) is 19.3 Å². The fraction of sp³-hybridized carbons (Fsp3) is 0.548. The molecule has 2 aliphatic carbocycles. The van der Waals surface area contributed by atoms with Gasteiger partial charge in [-0.2, -0.15) is 0 Å². The van der Waals surface area contributed by atoms with E-state index in [1.165, 1.54) is 0 Å². The molecule has 2 saturated carbocycles. The van der Waals surface area contributed by atoms with Crippen LogP contribution in [0.25, 0.3) is 0 Å². The van der Waals surface area contributed by atoms with E-state index in [9.17, 15) is 9.59 Å². The van der Waals surface area contributed by atoms with Gasteiger partial charge in [0.15, 0.2) is 0 Å². The van der Waals surface area contributed by atoms with Crippen LogP contribution in [0.15, 0.2) is 60.7 Å². The average molecular weight is 489 g/mol. The molecule has 2 aromatic carbocycles. The number of esters is 2. The third-order valence-electron chi connectivity index (χ3n) is 10.1. The summed E-state index contributed by atoms with van der Waals surface area (Å²) in [5.41, 5.74) is 0.431. The number of carbonyl (C=O) groups excluding carboxylic acids is 2. The van der Waals surface area contributed by atoms with Crippen molar-refractivity contribution in [3.05, 3.63) is 71.8 Å². The van der Waals surface area contributed by atoms with Gasteiger partial charge in [-0.3, -0.25) is 0 Å². The first-order chi connectivity index (χ1) is 17.3. The molecule has 4 bridgehead atoms. The summed E-state index contributed by atoms with van der Waals surface area (Å²) in [6.07, 6.45) is 2.33. The summed E-state index contributed by atoms with van der Waals surface area (Å²) in [5, 5.41) is 0. The fourth-order valence-corrected chi connectivity index (χ4v) is 8.64. The van der Waals surface area contributed by atoms with Crippen LogP contribution in [0.4, 0.5) is 0 Å². The van der Waals surface area contributed by atoms with Crippen LogP contribution < -0.4 is 0 Å². The molecular weight excluding hydrogens is 452 g/mol. The van der Waals surface area contributed by atoms with Gasteiger partial charge in [0.25, 0.3) is 0 Å². The van der Waals surface area contributed by atoms with Gasteiger partial charge in [0, 0.05) is 22.7 Å². The van der Waals surface area contributed by atoms with Crippen molar-refractivity contribution in [2.24, 2.45) is 34.5 Å².